The number of aromatic nitrogens is 2. The lowest BCUT2D eigenvalue weighted by molar-refractivity contribution is 0.888. The summed E-state index contributed by atoms with van der Waals surface area (Å²) >= 11 is 12.1. The molecule has 0 aliphatic rings. The number of rotatable bonds is 4. The first-order chi connectivity index (χ1) is 11.7. The maximum absolute atomic E-state index is 9.51. The molecule has 0 spiro atoms. The minimum atomic E-state index is -0.604. The lowest BCUT2D eigenvalue weighted by Gasteiger charge is -2.11. The molecule has 1 atom stereocenters. The Morgan fingerprint density at radius 1 is 0.958 bits per heavy atom. The Morgan fingerprint density at radius 3 is 2.38 bits per heavy atom. The Morgan fingerprint density at radius 2 is 1.75 bits per heavy atom. The summed E-state index contributed by atoms with van der Waals surface area (Å²) in [5, 5.41) is 21.9. The van der Waals surface area contributed by atoms with E-state index in [0.717, 1.165) is 5.69 Å². The van der Waals surface area contributed by atoms with Crippen LogP contribution in [-0.2, 0) is 0 Å². The molecule has 4 nitrogen and oxygen atoms in total. The lowest BCUT2D eigenvalue weighted by Crippen LogP contribution is -2.04. The highest BCUT2D eigenvalue weighted by Crippen LogP contribution is 2.31. The van der Waals surface area contributed by atoms with Gasteiger partial charge in [0.1, 0.15) is 5.92 Å². The van der Waals surface area contributed by atoms with Crippen molar-refractivity contribution in [1.29, 1.82) is 5.26 Å². The topological polar surface area (TPSA) is 61.6 Å². The SMILES string of the molecule is N#C[C@H](c1ccc(Nc2ccccc2)nn1)c1ccc(Cl)cc1Cl. The third-order valence-corrected chi connectivity index (χ3v) is 3.99. The fraction of sp³-hybridized carbons (Fsp3) is 0.0556. The average molecular weight is 355 g/mol. The molecule has 6 heteroatoms. The Labute approximate surface area is 149 Å². The van der Waals surface area contributed by atoms with Gasteiger partial charge in [-0.2, -0.15) is 10.4 Å². The van der Waals surface area contributed by atoms with Crippen molar-refractivity contribution in [2.45, 2.75) is 5.92 Å². The molecule has 3 rings (SSSR count). The molecule has 0 saturated carbocycles. The molecule has 3 aromatic rings. The van der Waals surface area contributed by atoms with Gasteiger partial charge in [0.15, 0.2) is 5.82 Å². The van der Waals surface area contributed by atoms with Gasteiger partial charge in [0, 0.05) is 15.7 Å². The van der Waals surface area contributed by atoms with Gasteiger partial charge in [-0.15, -0.1) is 5.10 Å². The van der Waals surface area contributed by atoms with Gasteiger partial charge >= 0.3 is 0 Å². The molecule has 0 aliphatic heterocycles. The Hall–Kier alpha value is -2.61. The van der Waals surface area contributed by atoms with E-state index in [-0.39, 0.29) is 0 Å². The molecule has 0 saturated heterocycles. The maximum Gasteiger partial charge on any atom is 0.153 e. The lowest BCUT2D eigenvalue weighted by atomic mass is 9.97. The second kappa shape index (κ2) is 7.31. The fourth-order valence-electron chi connectivity index (χ4n) is 2.26. The monoisotopic (exact) mass is 354 g/mol. The molecule has 0 bridgehead atoms. The van der Waals surface area contributed by atoms with Gasteiger partial charge in [-0.3, -0.25) is 0 Å². The van der Waals surface area contributed by atoms with E-state index < -0.39 is 5.92 Å². The second-order valence-electron chi connectivity index (χ2n) is 5.06. The molecule has 0 amide bonds. The van der Waals surface area contributed by atoms with Crippen LogP contribution in [0.25, 0.3) is 0 Å². The molecule has 0 radical (unpaired) electrons. The molecule has 24 heavy (non-hydrogen) atoms. The Kier molecular flexibility index (Phi) is 4.95. The van der Waals surface area contributed by atoms with Gasteiger partial charge < -0.3 is 5.32 Å². The van der Waals surface area contributed by atoms with E-state index in [4.69, 9.17) is 23.2 Å². The third-order valence-electron chi connectivity index (χ3n) is 3.43. The fourth-order valence-corrected chi connectivity index (χ4v) is 2.78. The van der Waals surface area contributed by atoms with Crippen LogP contribution < -0.4 is 5.32 Å². The molecule has 2 aromatic carbocycles. The number of benzene rings is 2. The van der Waals surface area contributed by atoms with Crippen LogP contribution in [0.2, 0.25) is 10.0 Å². The van der Waals surface area contributed by atoms with Crippen LogP contribution in [0.5, 0.6) is 0 Å². The first-order valence-electron chi connectivity index (χ1n) is 7.17. The van der Waals surface area contributed by atoms with E-state index in [0.29, 0.717) is 27.1 Å². The summed E-state index contributed by atoms with van der Waals surface area (Å²) in [5.41, 5.74) is 2.10. The van der Waals surface area contributed by atoms with Gasteiger partial charge in [-0.1, -0.05) is 47.5 Å². The minimum absolute atomic E-state index is 0.433. The van der Waals surface area contributed by atoms with Crippen LogP contribution in [0.15, 0.2) is 60.7 Å². The summed E-state index contributed by atoms with van der Waals surface area (Å²) in [7, 11) is 0. The van der Waals surface area contributed by atoms with Crippen molar-refractivity contribution in [2.24, 2.45) is 0 Å². The standard InChI is InChI=1S/C18H12Cl2N4/c19-12-6-7-14(16(20)10-12)15(11-21)17-8-9-18(24-23-17)22-13-4-2-1-3-5-13/h1-10,15H,(H,22,24)/t15-/m0/s1. The predicted octanol–water partition coefficient (Wildman–Crippen LogP) is 5.18. The summed E-state index contributed by atoms with van der Waals surface area (Å²) in [6.07, 6.45) is 0. The Bertz CT molecular complexity index is 874. The molecule has 1 aromatic heterocycles. The molecular weight excluding hydrogens is 343 g/mol. The number of para-hydroxylation sites is 1. The minimum Gasteiger partial charge on any atom is -0.339 e. The van der Waals surface area contributed by atoms with Crippen molar-refractivity contribution in [3.05, 3.63) is 82.0 Å². The molecule has 0 aliphatic carbocycles. The van der Waals surface area contributed by atoms with Crippen LogP contribution >= 0.6 is 23.2 Å². The van der Waals surface area contributed by atoms with E-state index in [2.05, 4.69) is 21.6 Å². The number of anilines is 2. The van der Waals surface area contributed by atoms with Crippen LogP contribution in [0.3, 0.4) is 0 Å². The first-order valence-corrected chi connectivity index (χ1v) is 7.93. The summed E-state index contributed by atoms with van der Waals surface area (Å²) in [4.78, 5) is 0. The van der Waals surface area contributed by atoms with E-state index in [1.54, 1.807) is 30.3 Å². The zero-order valence-electron chi connectivity index (χ0n) is 12.4. The second-order valence-corrected chi connectivity index (χ2v) is 5.91. The van der Waals surface area contributed by atoms with Gasteiger partial charge in [-0.05, 0) is 42.0 Å². The van der Waals surface area contributed by atoms with Gasteiger partial charge in [-0.25, -0.2) is 0 Å². The highest BCUT2D eigenvalue weighted by Gasteiger charge is 2.18. The first kappa shape index (κ1) is 16.3. The normalized spacial score (nSPS) is 11.5. The van der Waals surface area contributed by atoms with Gasteiger partial charge in [0.2, 0.25) is 0 Å². The van der Waals surface area contributed by atoms with Crippen LogP contribution in [0, 0.1) is 11.3 Å². The zero-order valence-corrected chi connectivity index (χ0v) is 14.0. The van der Waals surface area contributed by atoms with Crippen molar-refractivity contribution in [3.63, 3.8) is 0 Å². The molecular formula is C18H12Cl2N4. The Balaban J connectivity index is 1.84. The molecule has 0 unspecified atom stereocenters. The van der Waals surface area contributed by atoms with E-state index >= 15 is 0 Å². The summed E-state index contributed by atoms with van der Waals surface area (Å²) < 4.78 is 0. The van der Waals surface area contributed by atoms with Gasteiger partial charge in [0.05, 0.1) is 11.8 Å². The molecule has 1 heterocycles. The highest BCUT2D eigenvalue weighted by molar-refractivity contribution is 6.35. The smallest absolute Gasteiger partial charge is 0.153 e. The number of nitrogens with one attached hydrogen (secondary N) is 1. The quantitative estimate of drug-likeness (QED) is 0.700. The third kappa shape index (κ3) is 3.65. The van der Waals surface area contributed by atoms with Crippen LogP contribution in [0.4, 0.5) is 11.5 Å². The van der Waals surface area contributed by atoms with Crippen molar-refractivity contribution in [3.8, 4) is 6.07 Å². The number of nitrogens with zero attached hydrogens (tertiary/aromatic N) is 3. The van der Waals surface area contributed by atoms with E-state index in [1.807, 2.05) is 30.3 Å². The van der Waals surface area contributed by atoms with Crippen LogP contribution in [0.1, 0.15) is 17.2 Å². The van der Waals surface area contributed by atoms with Crippen molar-refractivity contribution in [2.75, 3.05) is 5.32 Å². The largest absolute Gasteiger partial charge is 0.339 e. The number of halogens is 2. The zero-order chi connectivity index (χ0) is 16.9. The number of hydrogen-bond acceptors (Lipinski definition) is 4. The summed E-state index contributed by atoms with van der Waals surface area (Å²) in [6, 6.07) is 20.5. The molecule has 118 valence electrons. The highest BCUT2D eigenvalue weighted by atomic mass is 35.5. The van der Waals surface area contributed by atoms with E-state index in [9.17, 15) is 5.26 Å². The van der Waals surface area contributed by atoms with Gasteiger partial charge in [0.25, 0.3) is 0 Å². The molecule has 1 N–H and O–H groups in total. The van der Waals surface area contributed by atoms with Crippen molar-refractivity contribution in [1.82, 2.24) is 10.2 Å². The summed E-state index contributed by atoms with van der Waals surface area (Å²) in [6.45, 7) is 0. The maximum atomic E-state index is 9.51. The number of nitriles is 1. The van der Waals surface area contributed by atoms with Crippen molar-refractivity contribution < 1.29 is 0 Å². The van der Waals surface area contributed by atoms with Crippen molar-refractivity contribution >= 4 is 34.7 Å². The predicted molar refractivity (Wildman–Crippen MR) is 95.7 cm³/mol. The van der Waals surface area contributed by atoms with Crippen LogP contribution in [-0.4, -0.2) is 10.2 Å². The number of hydrogen-bond donors (Lipinski definition) is 1. The molecule has 0 fully saturated rings. The van der Waals surface area contributed by atoms with E-state index in [1.165, 1.54) is 0 Å². The average Bonchev–Trinajstić information content (AvgIpc) is 2.60. The summed E-state index contributed by atoms with van der Waals surface area (Å²) in [5.74, 6) is -0.00288.